The van der Waals surface area contributed by atoms with Gasteiger partial charge < -0.3 is 19.9 Å². The van der Waals surface area contributed by atoms with Crippen molar-refractivity contribution in [1.82, 2.24) is 24.6 Å². The van der Waals surface area contributed by atoms with Crippen LogP contribution in [-0.2, 0) is 32.6 Å². The lowest BCUT2D eigenvalue weighted by molar-refractivity contribution is -0.322. The van der Waals surface area contributed by atoms with E-state index in [9.17, 15) is 32.7 Å². The molecule has 5 aliphatic rings. The second-order valence-electron chi connectivity index (χ2n) is 14.7. The lowest BCUT2D eigenvalue weighted by Crippen LogP contribution is -2.71. The Labute approximate surface area is 279 Å². The van der Waals surface area contributed by atoms with Gasteiger partial charge in [0.1, 0.15) is 12.1 Å². The van der Waals surface area contributed by atoms with Gasteiger partial charge in [0.05, 0.1) is 10.5 Å². The topological polar surface area (TPSA) is 107 Å². The first-order valence-corrected chi connectivity index (χ1v) is 17.3. The van der Waals surface area contributed by atoms with Gasteiger partial charge in [-0.05, 0) is 71.1 Å². The van der Waals surface area contributed by atoms with E-state index in [1.165, 1.54) is 0 Å². The van der Waals surface area contributed by atoms with E-state index < -0.39 is 72.2 Å². The van der Waals surface area contributed by atoms with Crippen molar-refractivity contribution in [2.24, 2.45) is 24.8 Å². The number of carbonyl (C=O) groups excluding carboxylic acids is 3. The van der Waals surface area contributed by atoms with Crippen molar-refractivity contribution < 1.29 is 37.4 Å². The van der Waals surface area contributed by atoms with Crippen LogP contribution in [0.2, 0.25) is 0 Å². The molecule has 0 bridgehead atoms. The number of aryl methyl sites for hydroxylation is 1. The number of alkyl halides is 3. The van der Waals surface area contributed by atoms with Gasteiger partial charge in [-0.3, -0.25) is 24.0 Å². The highest BCUT2D eigenvalue weighted by atomic mass is 79.9. The van der Waals surface area contributed by atoms with Crippen LogP contribution in [0, 0.1) is 17.8 Å². The Balaban J connectivity index is 1.25. The minimum Gasteiger partial charge on any atom is -0.347 e. The van der Waals surface area contributed by atoms with Gasteiger partial charge >= 0.3 is 6.30 Å². The summed E-state index contributed by atoms with van der Waals surface area (Å²) >= 11 is 3.59. The van der Waals surface area contributed by atoms with Crippen molar-refractivity contribution in [3.05, 3.63) is 33.9 Å². The average Bonchev–Trinajstić information content (AvgIpc) is 3.66. The van der Waals surface area contributed by atoms with Crippen LogP contribution >= 0.6 is 15.9 Å². The number of fused-ring (bicyclic) bond motifs is 5. The van der Waals surface area contributed by atoms with Crippen molar-refractivity contribution in [2.75, 3.05) is 13.1 Å². The number of benzene rings is 1. The Morgan fingerprint density at radius 1 is 1.21 bits per heavy atom. The molecule has 7 atom stereocenters. The van der Waals surface area contributed by atoms with E-state index in [0.29, 0.717) is 24.3 Å². The Morgan fingerprint density at radius 3 is 2.60 bits per heavy atom. The number of halogens is 4. The van der Waals surface area contributed by atoms with Crippen LogP contribution in [0.15, 0.2) is 22.8 Å². The van der Waals surface area contributed by atoms with Crippen molar-refractivity contribution in [3.8, 4) is 0 Å². The number of piperazine rings is 1. The number of aliphatic hydroxyl groups is 1. The highest BCUT2D eigenvalue weighted by Crippen LogP contribution is 2.51. The summed E-state index contributed by atoms with van der Waals surface area (Å²) in [4.78, 5) is 45.5. The van der Waals surface area contributed by atoms with Crippen molar-refractivity contribution in [2.45, 2.75) is 102 Å². The molecule has 2 N–H and O–H groups in total. The number of aromatic nitrogens is 1. The van der Waals surface area contributed by atoms with Crippen LogP contribution < -0.4 is 5.32 Å². The van der Waals surface area contributed by atoms with Gasteiger partial charge in [0, 0.05) is 48.9 Å². The first-order valence-electron chi connectivity index (χ1n) is 16.5. The molecule has 1 aliphatic carbocycles. The molecule has 4 aliphatic heterocycles. The summed E-state index contributed by atoms with van der Waals surface area (Å²) in [6.45, 7) is 6.95. The molecule has 1 aromatic heterocycles. The third-order valence-corrected chi connectivity index (χ3v) is 12.2. The number of amides is 3. The number of piperidine rings is 1. The fourth-order valence-electron chi connectivity index (χ4n) is 8.97. The van der Waals surface area contributed by atoms with Gasteiger partial charge in [0.15, 0.2) is 0 Å². The number of ether oxygens (including phenoxy) is 1. The van der Waals surface area contributed by atoms with Crippen molar-refractivity contribution in [3.63, 3.8) is 0 Å². The zero-order valence-corrected chi connectivity index (χ0v) is 28.7. The van der Waals surface area contributed by atoms with E-state index in [2.05, 4.69) is 21.2 Å². The SMILES string of the molecule is CC(C)C[C@H]1C(=O)N2CCC[C@H]2[C@]2(O)O[C@](NC(=O)C3C[C@@H]4c5cccc6c5c(c(Br)n6C)C[C@H]4N(C(F)(F)F)C3)(C(C)C)C(=O)N12. The van der Waals surface area contributed by atoms with E-state index in [4.69, 9.17) is 4.74 Å². The zero-order chi connectivity index (χ0) is 34.0. The molecule has 1 unspecified atom stereocenters. The highest BCUT2D eigenvalue weighted by Gasteiger charge is 2.72. The van der Waals surface area contributed by atoms with E-state index in [-0.39, 0.29) is 31.1 Å². The number of rotatable bonds is 5. The second-order valence-corrected chi connectivity index (χ2v) is 15.4. The van der Waals surface area contributed by atoms with E-state index in [0.717, 1.165) is 31.5 Å². The van der Waals surface area contributed by atoms with Gasteiger partial charge in [-0.15, -0.1) is 0 Å². The molecule has 0 saturated carbocycles. The third kappa shape index (κ3) is 4.64. The molecule has 0 spiro atoms. The van der Waals surface area contributed by atoms with Crippen molar-refractivity contribution in [1.29, 1.82) is 0 Å². The standard InChI is InChI=1S/C33H41BrF3N5O5/c1-16(2)12-24-29(44)40-11-7-10-25(40)32(46)42(24)30(45)31(47-32,17(3)4)38-28(43)18-13-20-19-8-6-9-22-26(19)21(27(34)39(22)5)14-23(20)41(15-18)33(35,36)37/h6,8-9,16-18,20,23-25,46H,7,10-15H2,1-5H3,(H,38,43)/t18?,20-,23-,24+,25+,31-,32+/m1/s1. The first kappa shape index (κ1) is 32.8. The Bertz CT molecular complexity index is 1660. The van der Waals surface area contributed by atoms with Gasteiger partial charge in [-0.25, -0.2) is 4.90 Å². The van der Waals surface area contributed by atoms with Crippen LogP contribution in [0.25, 0.3) is 10.9 Å². The quantitative estimate of drug-likeness (QED) is 0.449. The molecule has 14 heteroatoms. The average molecular weight is 725 g/mol. The molecule has 10 nitrogen and oxygen atoms in total. The lowest BCUT2D eigenvalue weighted by Gasteiger charge is -2.49. The minimum atomic E-state index is -4.71. The molecular formula is C33H41BrF3N5O5. The molecule has 3 amide bonds. The summed E-state index contributed by atoms with van der Waals surface area (Å²) in [7, 11) is 1.86. The van der Waals surface area contributed by atoms with Gasteiger partial charge in [-0.2, -0.15) is 13.2 Å². The number of nitrogens with one attached hydrogen (secondary N) is 1. The number of hydrogen-bond donors (Lipinski definition) is 2. The molecule has 0 radical (unpaired) electrons. The summed E-state index contributed by atoms with van der Waals surface area (Å²) in [5.74, 6) is -6.44. The zero-order valence-electron chi connectivity index (χ0n) is 27.1. The maximum absolute atomic E-state index is 14.8. The Hall–Kier alpha value is -2.68. The predicted molar refractivity (Wildman–Crippen MR) is 168 cm³/mol. The Kier molecular flexibility index (Phi) is 7.63. The largest absolute Gasteiger partial charge is 0.460 e. The van der Waals surface area contributed by atoms with E-state index in [1.807, 2.05) is 43.7 Å². The molecular weight excluding hydrogens is 683 g/mol. The van der Waals surface area contributed by atoms with E-state index >= 15 is 0 Å². The summed E-state index contributed by atoms with van der Waals surface area (Å²) in [6, 6.07) is 2.87. The van der Waals surface area contributed by atoms with E-state index in [1.54, 1.807) is 18.7 Å². The number of hydrogen-bond acceptors (Lipinski definition) is 6. The fraction of sp³-hybridized carbons (Fsp3) is 0.667. The van der Waals surface area contributed by atoms with Crippen LogP contribution in [-0.4, -0.2) is 91.2 Å². The highest BCUT2D eigenvalue weighted by molar-refractivity contribution is 9.10. The molecule has 1 aromatic carbocycles. The van der Waals surface area contributed by atoms with Crippen LogP contribution in [0.1, 0.15) is 70.4 Å². The summed E-state index contributed by atoms with van der Waals surface area (Å²) in [5, 5.41) is 15.8. The lowest BCUT2D eigenvalue weighted by atomic mass is 9.72. The van der Waals surface area contributed by atoms with Gasteiger partial charge in [0.2, 0.25) is 17.5 Å². The van der Waals surface area contributed by atoms with Crippen LogP contribution in [0.5, 0.6) is 0 Å². The monoisotopic (exact) mass is 723 g/mol. The molecule has 4 saturated heterocycles. The van der Waals surface area contributed by atoms with Crippen LogP contribution in [0.3, 0.4) is 0 Å². The minimum absolute atomic E-state index is 0.00182. The van der Waals surface area contributed by atoms with Gasteiger partial charge in [-0.1, -0.05) is 39.8 Å². The third-order valence-electron chi connectivity index (χ3n) is 11.2. The molecule has 256 valence electrons. The maximum Gasteiger partial charge on any atom is 0.460 e. The summed E-state index contributed by atoms with van der Waals surface area (Å²) in [5.41, 5.74) is 0.394. The van der Waals surface area contributed by atoms with Gasteiger partial charge in [0.25, 0.3) is 11.8 Å². The second kappa shape index (κ2) is 10.9. The molecule has 47 heavy (non-hydrogen) atoms. The molecule has 7 rings (SSSR count). The summed E-state index contributed by atoms with van der Waals surface area (Å²) in [6.07, 6.45) is -3.12. The summed E-state index contributed by atoms with van der Waals surface area (Å²) < 4.78 is 53.3. The number of likely N-dealkylation sites (tertiary alicyclic amines) is 1. The smallest absolute Gasteiger partial charge is 0.347 e. The predicted octanol–water partition coefficient (Wildman–Crippen LogP) is 4.18. The maximum atomic E-state index is 14.8. The number of nitrogens with zero attached hydrogens (tertiary/aromatic N) is 4. The van der Waals surface area contributed by atoms with Crippen molar-refractivity contribution >= 4 is 44.6 Å². The van der Waals surface area contributed by atoms with Crippen LogP contribution in [0.4, 0.5) is 13.2 Å². The molecule has 5 heterocycles. The normalized spacial score (nSPS) is 34.0. The Morgan fingerprint density at radius 2 is 1.94 bits per heavy atom. The first-order chi connectivity index (χ1) is 22.0. The fourth-order valence-corrected chi connectivity index (χ4v) is 9.53. The molecule has 4 fully saturated rings. The molecule has 2 aromatic rings. The number of carbonyl (C=O) groups is 3.